The second-order valence-corrected chi connectivity index (χ2v) is 12.7. The van der Waals surface area contributed by atoms with Crippen molar-refractivity contribution >= 4 is 70.9 Å². The van der Waals surface area contributed by atoms with Gasteiger partial charge in [0.25, 0.3) is 0 Å². The number of rotatable bonds is 4. The van der Waals surface area contributed by atoms with E-state index in [4.69, 9.17) is 9.72 Å². The van der Waals surface area contributed by atoms with Crippen LogP contribution < -0.4 is 4.74 Å². The van der Waals surface area contributed by atoms with Crippen LogP contribution in [0.4, 0.5) is 0 Å². The first-order valence-electron chi connectivity index (χ1n) is 16.7. The summed E-state index contributed by atoms with van der Waals surface area (Å²) in [5.74, 6) is 2.38. The minimum atomic E-state index is 0.751. The number of aromatic nitrogens is 5. The van der Waals surface area contributed by atoms with Crippen LogP contribution >= 0.6 is 0 Å². The van der Waals surface area contributed by atoms with E-state index in [9.17, 15) is 0 Å². The first kappa shape index (κ1) is 27.1. The van der Waals surface area contributed by atoms with E-state index in [-0.39, 0.29) is 0 Å². The van der Waals surface area contributed by atoms with E-state index in [1.54, 1.807) is 0 Å². The van der Waals surface area contributed by atoms with Crippen LogP contribution in [0.1, 0.15) is 0 Å². The number of hydrogen-bond donors (Lipinski definition) is 0. The zero-order valence-corrected chi connectivity index (χ0v) is 26.7. The molecule has 0 N–H and O–H groups in total. The van der Waals surface area contributed by atoms with Crippen molar-refractivity contribution in [3.8, 4) is 23.0 Å². The Bertz CT molecular complexity index is 3120. The molecule has 234 valence electrons. The Morgan fingerprint density at radius 2 is 1.04 bits per heavy atom. The maximum absolute atomic E-state index is 6.63. The molecule has 11 aromatic rings. The average molecular weight is 642 g/mol. The summed E-state index contributed by atoms with van der Waals surface area (Å²) < 4.78 is 13.4. The fourth-order valence-corrected chi connectivity index (χ4v) is 7.86. The minimum absolute atomic E-state index is 0.751. The SMILES string of the molecule is c1ccc(-n2c3ccccc3c3cc4c(cc32)c2ccc(Oc3ccc5c6ccccc6n(-c6ccccn6)c5c3)cc2c2nccn42)cc1. The van der Waals surface area contributed by atoms with E-state index in [0.717, 1.165) is 66.7 Å². The van der Waals surface area contributed by atoms with Crippen LogP contribution in [0.25, 0.3) is 82.4 Å². The predicted molar refractivity (Wildman–Crippen MR) is 203 cm³/mol. The van der Waals surface area contributed by atoms with Crippen LogP contribution in [0.2, 0.25) is 0 Å². The molecular formula is C44H27N5O. The van der Waals surface area contributed by atoms with Crippen molar-refractivity contribution in [1.82, 2.24) is 23.5 Å². The van der Waals surface area contributed by atoms with Gasteiger partial charge in [-0.3, -0.25) is 8.97 Å². The number of imidazole rings is 1. The summed E-state index contributed by atoms with van der Waals surface area (Å²) in [6.45, 7) is 0. The normalized spacial score (nSPS) is 12.0. The average Bonchev–Trinajstić information content (AvgIpc) is 3.88. The van der Waals surface area contributed by atoms with Gasteiger partial charge in [0.05, 0.1) is 27.6 Å². The largest absolute Gasteiger partial charge is 0.457 e. The van der Waals surface area contributed by atoms with Crippen LogP contribution in [0.5, 0.6) is 11.5 Å². The number of nitrogens with zero attached hydrogens (tertiary/aromatic N) is 5. The van der Waals surface area contributed by atoms with Gasteiger partial charge in [0.2, 0.25) is 0 Å². The van der Waals surface area contributed by atoms with Gasteiger partial charge in [-0.05, 0) is 84.2 Å². The summed E-state index contributed by atoms with van der Waals surface area (Å²) in [5, 5.41) is 8.09. The number of hydrogen-bond acceptors (Lipinski definition) is 3. The summed E-state index contributed by atoms with van der Waals surface area (Å²) in [5.41, 5.74) is 7.67. The predicted octanol–water partition coefficient (Wildman–Crippen LogP) is 11.0. The Kier molecular flexibility index (Phi) is 5.57. The first-order valence-corrected chi connectivity index (χ1v) is 16.7. The van der Waals surface area contributed by atoms with Gasteiger partial charge in [-0.15, -0.1) is 0 Å². The summed E-state index contributed by atoms with van der Waals surface area (Å²) in [6.07, 6.45) is 5.76. The fraction of sp³-hybridized carbons (Fsp3) is 0. The molecule has 0 unspecified atom stereocenters. The molecule has 0 aliphatic heterocycles. The third kappa shape index (κ3) is 3.84. The molecular weight excluding hydrogens is 615 g/mol. The molecule has 0 fully saturated rings. The number of para-hydroxylation sites is 3. The summed E-state index contributed by atoms with van der Waals surface area (Å²) >= 11 is 0. The monoisotopic (exact) mass is 641 g/mol. The van der Waals surface area contributed by atoms with Gasteiger partial charge < -0.3 is 9.30 Å². The topological polar surface area (TPSA) is 49.3 Å². The van der Waals surface area contributed by atoms with E-state index < -0.39 is 0 Å². The third-order valence-electron chi connectivity index (χ3n) is 9.99. The smallest absolute Gasteiger partial charge is 0.145 e. The van der Waals surface area contributed by atoms with E-state index in [2.05, 4.69) is 146 Å². The van der Waals surface area contributed by atoms with Crippen molar-refractivity contribution in [2.45, 2.75) is 0 Å². The molecule has 6 heteroatoms. The zero-order chi connectivity index (χ0) is 32.8. The van der Waals surface area contributed by atoms with Gasteiger partial charge in [-0.2, -0.15) is 0 Å². The highest BCUT2D eigenvalue weighted by molar-refractivity contribution is 6.19. The Labute approximate surface area is 285 Å². The van der Waals surface area contributed by atoms with Crippen molar-refractivity contribution in [3.05, 3.63) is 164 Å². The Morgan fingerprint density at radius 1 is 0.400 bits per heavy atom. The molecule has 0 aliphatic carbocycles. The Balaban J connectivity index is 1.10. The molecule has 5 heterocycles. The van der Waals surface area contributed by atoms with Crippen molar-refractivity contribution in [2.75, 3.05) is 0 Å². The lowest BCUT2D eigenvalue weighted by Gasteiger charge is -2.13. The Morgan fingerprint density at radius 3 is 1.86 bits per heavy atom. The van der Waals surface area contributed by atoms with E-state index in [1.165, 1.54) is 27.2 Å². The van der Waals surface area contributed by atoms with Crippen LogP contribution in [-0.2, 0) is 0 Å². The Hall–Kier alpha value is -6.92. The summed E-state index contributed by atoms with van der Waals surface area (Å²) in [6, 6.07) is 51.0. The highest BCUT2D eigenvalue weighted by atomic mass is 16.5. The van der Waals surface area contributed by atoms with Gasteiger partial charge in [-0.25, -0.2) is 9.97 Å². The maximum Gasteiger partial charge on any atom is 0.145 e. The minimum Gasteiger partial charge on any atom is -0.457 e. The van der Waals surface area contributed by atoms with Gasteiger partial charge >= 0.3 is 0 Å². The van der Waals surface area contributed by atoms with E-state index in [0.29, 0.717) is 0 Å². The molecule has 0 spiro atoms. The lowest BCUT2D eigenvalue weighted by atomic mass is 10.0. The molecule has 0 aliphatic rings. The number of ether oxygens (including phenoxy) is 1. The molecule has 0 bridgehead atoms. The van der Waals surface area contributed by atoms with Gasteiger partial charge in [0, 0.05) is 62.7 Å². The van der Waals surface area contributed by atoms with Gasteiger partial charge in [0.15, 0.2) is 0 Å². The highest BCUT2D eigenvalue weighted by Crippen LogP contribution is 2.40. The van der Waals surface area contributed by atoms with Crippen molar-refractivity contribution in [3.63, 3.8) is 0 Å². The third-order valence-corrected chi connectivity index (χ3v) is 9.99. The van der Waals surface area contributed by atoms with Crippen LogP contribution in [0.15, 0.2) is 164 Å². The quantitative estimate of drug-likeness (QED) is 0.180. The lowest BCUT2D eigenvalue weighted by Crippen LogP contribution is -1.96. The molecule has 11 rings (SSSR count). The van der Waals surface area contributed by atoms with Crippen LogP contribution in [-0.4, -0.2) is 23.5 Å². The maximum atomic E-state index is 6.63. The fourth-order valence-electron chi connectivity index (χ4n) is 7.86. The van der Waals surface area contributed by atoms with Crippen LogP contribution in [0, 0.1) is 0 Å². The molecule has 0 amide bonds. The molecule has 0 atom stereocenters. The number of pyridine rings is 2. The summed E-state index contributed by atoms with van der Waals surface area (Å²) in [7, 11) is 0. The lowest BCUT2D eigenvalue weighted by molar-refractivity contribution is 0.484. The second kappa shape index (κ2) is 10.3. The van der Waals surface area contributed by atoms with Gasteiger partial charge in [0.1, 0.15) is 23.0 Å². The molecule has 6 nitrogen and oxygen atoms in total. The van der Waals surface area contributed by atoms with E-state index >= 15 is 0 Å². The molecule has 0 saturated heterocycles. The molecule has 0 radical (unpaired) electrons. The zero-order valence-electron chi connectivity index (χ0n) is 26.7. The van der Waals surface area contributed by atoms with Crippen LogP contribution in [0.3, 0.4) is 0 Å². The van der Waals surface area contributed by atoms with Gasteiger partial charge in [-0.1, -0.05) is 60.7 Å². The number of fused-ring (bicyclic) bond motifs is 12. The standard InChI is InChI=1S/C44H27N5O/c1-2-10-28(11-3-1)48-38-14-6-5-13-33(38)36-26-40-35(27-42(36)48)31-19-17-29(24-37(31)44-46-22-23-47(40)44)50-30-18-20-34-32-12-4-7-15-39(32)49(41(34)25-30)43-16-8-9-21-45-43/h1-27H. The molecule has 0 saturated carbocycles. The second-order valence-electron chi connectivity index (χ2n) is 12.7. The van der Waals surface area contributed by atoms with E-state index in [1.807, 2.05) is 36.7 Å². The highest BCUT2D eigenvalue weighted by Gasteiger charge is 2.18. The molecule has 5 aromatic heterocycles. The summed E-state index contributed by atoms with van der Waals surface area (Å²) in [4.78, 5) is 9.53. The van der Waals surface area contributed by atoms with Crippen molar-refractivity contribution < 1.29 is 4.74 Å². The number of benzene rings is 6. The van der Waals surface area contributed by atoms with Crippen molar-refractivity contribution in [2.24, 2.45) is 0 Å². The molecule has 50 heavy (non-hydrogen) atoms. The van der Waals surface area contributed by atoms with Crippen molar-refractivity contribution in [1.29, 1.82) is 0 Å². The first-order chi connectivity index (χ1) is 24.8. The molecule has 6 aromatic carbocycles.